The number of aromatic amines is 1. The highest BCUT2D eigenvalue weighted by Crippen LogP contribution is 2.31. The Balaban J connectivity index is 1.74. The van der Waals surface area contributed by atoms with E-state index in [-0.39, 0.29) is 6.42 Å². The first kappa shape index (κ1) is 13.0. The van der Waals surface area contributed by atoms with Crippen LogP contribution in [-0.4, -0.2) is 22.7 Å². The second-order valence-corrected chi connectivity index (χ2v) is 5.34. The average molecular weight is 273 g/mol. The van der Waals surface area contributed by atoms with Crippen molar-refractivity contribution >= 4 is 16.9 Å². The molecule has 0 spiro atoms. The number of aliphatic carboxylic acids is 1. The van der Waals surface area contributed by atoms with Gasteiger partial charge < -0.3 is 14.8 Å². The second kappa shape index (κ2) is 5.57. The van der Waals surface area contributed by atoms with E-state index in [9.17, 15) is 4.79 Å². The van der Waals surface area contributed by atoms with Crippen LogP contribution in [0.5, 0.6) is 5.75 Å². The highest BCUT2D eigenvalue weighted by atomic mass is 16.5. The van der Waals surface area contributed by atoms with Gasteiger partial charge in [-0.1, -0.05) is 0 Å². The number of carboxylic acid groups (broad SMARTS) is 1. The van der Waals surface area contributed by atoms with E-state index in [0.29, 0.717) is 13.0 Å². The molecule has 3 rings (SSSR count). The molecule has 0 fully saturated rings. The summed E-state index contributed by atoms with van der Waals surface area (Å²) in [7, 11) is 0. The van der Waals surface area contributed by atoms with Crippen molar-refractivity contribution in [1.82, 2.24) is 4.98 Å². The fourth-order valence-corrected chi connectivity index (χ4v) is 2.89. The number of carboxylic acids is 1. The van der Waals surface area contributed by atoms with Crippen LogP contribution < -0.4 is 4.74 Å². The van der Waals surface area contributed by atoms with Gasteiger partial charge in [-0.3, -0.25) is 4.79 Å². The van der Waals surface area contributed by atoms with Gasteiger partial charge in [-0.25, -0.2) is 0 Å². The van der Waals surface area contributed by atoms with Gasteiger partial charge in [-0.2, -0.15) is 0 Å². The summed E-state index contributed by atoms with van der Waals surface area (Å²) in [5, 5.41) is 9.86. The van der Waals surface area contributed by atoms with E-state index >= 15 is 0 Å². The van der Waals surface area contributed by atoms with Crippen LogP contribution in [0.4, 0.5) is 0 Å². The minimum atomic E-state index is -0.774. The lowest BCUT2D eigenvalue weighted by Gasteiger charge is -2.10. The van der Waals surface area contributed by atoms with Gasteiger partial charge in [0.05, 0.1) is 6.61 Å². The lowest BCUT2D eigenvalue weighted by atomic mass is 9.96. The summed E-state index contributed by atoms with van der Waals surface area (Å²) in [6.07, 6.45) is 5.49. The van der Waals surface area contributed by atoms with Crippen LogP contribution in [0.1, 0.15) is 36.9 Å². The molecule has 0 saturated carbocycles. The SMILES string of the molecule is O=C(O)CCCOc1ccc2[nH]c3c(c2c1)CCCC3. The molecule has 2 aromatic rings. The molecule has 4 heteroatoms. The number of aromatic nitrogens is 1. The number of fused-ring (bicyclic) bond motifs is 3. The third-order valence-corrected chi connectivity index (χ3v) is 3.87. The van der Waals surface area contributed by atoms with Gasteiger partial charge in [-0.05, 0) is 55.9 Å². The number of nitrogens with one attached hydrogen (secondary N) is 1. The molecule has 1 aliphatic carbocycles. The van der Waals surface area contributed by atoms with Crippen molar-refractivity contribution in [1.29, 1.82) is 0 Å². The number of ether oxygens (including phenoxy) is 1. The van der Waals surface area contributed by atoms with Crippen molar-refractivity contribution in [2.24, 2.45) is 0 Å². The van der Waals surface area contributed by atoms with Gasteiger partial charge >= 0.3 is 5.97 Å². The molecule has 1 aromatic heterocycles. The van der Waals surface area contributed by atoms with E-state index in [4.69, 9.17) is 9.84 Å². The minimum Gasteiger partial charge on any atom is -0.494 e. The molecule has 0 radical (unpaired) electrons. The molecule has 0 unspecified atom stereocenters. The van der Waals surface area contributed by atoms with Crippen molar-refractivity contribution in [2.75, 3.05) is 6.61 Å². The van der Waals surface area contributed by atoms with E-state index < -0.39 is 5.97 Å². The minimum absolute atomic E-state index is 0.155. The number of H-pyrrole nitrogens is 1. The van der Waals surface area contributed by atoms with Crippen molar-refractivity contribution in [3.05, 3.63) is 29.5 Å². The lowest BCUT2D eigenvalue weighted by molar-refractivity contribution is -0.137. The Kier molecular flexibility index (Phi) is 3.63. The molecule has 0 bridgehead atoms. The first-order chi connectivity index (χ1) is 9.74. The zero-order valence-corrected chi connectivity index (χ0v) is 11.4. The van der Waals surface area contributed by atoms with Crippen LogP contribution in [0.15, 0.2) is 18.2 Å². The summed E-state index contributed by atoms with van der Waals surface area (Å²) in [6.45, 7) is 0.449. The predicted molar refractivity (Wildman–Crippen MR) is 77.3 cm³/mol. The van der Waals surface area contributed by atoms with Crippen molar-refractivity contribution in [3.63, 3.8) is 0 Å². The third-order valence-electron chi connectivity index (χ3n) is 3.87. The highest BCUT2D eigenvalue weighted by Gasteiger charge is 2.15. The van der Waals surface area contributed by atoms with E-state index in [2.05, 4.69) is 17.1 Å². The Morgan fingerprint density at radius 3 is 3.00 bits per heavy atom. The Hall–Kier alpha value is -1.97. The van der Waals surface area contributed by atoms with Gasteiger partial charge in [0.1, 0.15) is 5.75 Å². The topological polar surface area (TPSA) is 62.3 Å². The highest BCUT2D eigenvalue weighted by molar-refractivity contribution is 5.86. The predicted octanol–water partition coefficient (Wildman–Crippen LogP) is 3.29. The molecule has 0 saturated heterocycles. The largest absolute Gasteiger partial charge is 0.494 e. The standard InChI is InChI=1S/C16H19NO3/c18-16(19)6-3-9-20-11-7-8-15-13(10-11)12-4-1-2-5-14(12)17-15/h7-8,10,17H,1-6,9H2,(H,18,19). The fraction of sp³-hybridized carbons (Fsp3) is 0.438. The summed E-state index contributed by atoms with van der Waals surface area (Å²) < 4.78 is 5.65. The first-order valence-corrected chi connectivity index (χ1v) is 7.22. The molecule has 0 aliphatic heterocycles. The Morgan fingerprint density at radius 1 is 1.30 bits per heavy atom. The smallest absolute Gasteiger partial charge is 0.303 e. The van der Waals surface area contributed by atoms with Crippen LogP contribution in [0.3, 0.4) is 0 Å². The Labute approximate surface area is 117 Å². The fourth-order valence-electron chi connectivity index (χ4n) is 2.89. The molecule has 0 amide bonds. The number of benzene rings is 1. The number of rotatable bonds is 5. The van der Waals surface area contributed by atoms with Crippen LogP contribution in [0, 0.1) is 0 Å². The molecular formula is C16H19NO3. The summed E-state index contributed by atoms with van der Waals surface area (Å²) in [4.78, 5) is 13.9. The molecule has 20 heavy (non-hydrogen) atoms. The molecule has 0 atom stereocenters. The van der Waals surface area contributed by atoms with Crippen LogP contribution >= 0.6 is 0 Å². The van der Waals surface area contributed by atoms with Gasteiger partial charge in [-0.15, -0.1) is 0 Å². The number of carbonyl (C=O) groups is 1. The molecule has 1 heterocycles. The Morgan fingerprint density at radius 2 is 2.15 bits per heavy atom. The summed E-state index contributed by atoms with van der Waals surface area (Å²) in [5.74, 6) is 0.0546. The summed E-state index contributed by atoms with van der Waals surface area (Å²) in [6, 6.07) is 6.09. The molecule has 1 aromatic carbocycles. The first-order valence-electron chi connectivity index (χ1n) is 7.22. The normalized spacial score (nSPS) is 14.2. The van der Waals surface area contributed by atoms with Gasteiger partial charge in [0, 0.05) is 23.0 Å². The number of aryl methyl sites for hydroxylation is 2. The third kappa shape index (κ3) is 2.64. The Bertz CT molecular complexity index is 630. The molecule has 2 N–H and O–H groups in total. The molecule has 1 aliphatic rings. The number of hydrogen-bond donors (Lipinski definition) is 2. The van der Waals surface area contributed by atoms with Crippen LogP contribution in [-0.2, 0) is 17.6 Å². The van der Waals surface area contributed by atoms with Crippen molar-refractivity contribution in [3.8, 4) is 5.75 Å². The van der Waals surface area contributed by atoms with Crippen molar-refractivity contribution in [2.45, 2.75) is 38.5 Å². The van der Waals surface area contributed by atoms with Gasteiger partial charge in [0.2, 0.25) is 0 Å². The molecule has 106 valence electrons. The summed E-state index contributed by atoms with van der Waals surface area (Å²) in [5.41, 5.74) is 3.98. The zero-order valence-electron chi connectivity index (χ0n) is 11.4. The van der Waals surface area contributed by atoms with Crippen LogP contribution in [0.25, 0.3) is 10.9 Å². The van der Waals surface area contributed by atoms with Crippen LogP contribution in [0.2, 0.25) is 0 Å². The molecule has 4 nitrogen and oxygen atoms in total. The lowest BCUT2D eigenvalue weighted by Crippen LogP contribution is -2.02. The zero-order chi connectivity index (χ0) is 13.9. The summed E-state index contributed by atoms with van der Waals surface area (Å²) >= 11 is 0. The maximum atomic E-state index is 10.5. The quantitative estimate of drug-likeness (QED) is 0.822. The second-order valence-electron chi connectivity index (χ2n) is 5.34. The maximum Gasteiger partial charge on any atom is 0.303 e. The number of hydrogen-bond acceptors (Lipinski definition) is 2. The van der Waals surface area contributed by atoms with E-state index in [0.717, 1.165) is 18.6 Å². The van der Waals surface area contributed by atoms with Gasteiger partial charge in [0.25, 0.3) is 0 Å². The van der Waals surface area contributed by atoms with Crippen molar-refractivity contribution < 1.29 is 14.6 Å². The maximum absolute atomic E-state index is 10.5. The monoisotopic (exact) mass is 273 g/mol. The van der Waals surface area contributed by atoms with Gasteiger partial charge in [0.15, 0.2) is 0 Å². The average Bonchev–Trinajstić information content (AvgIpc) is 2.81. The van der Waals surface area contributed by atoms with E-state index in [1.165, 1.54) is 35.0 Å². The van der Waals surface area contributed by atoms with E-state index in [1.54, 1.807) is 0 Å². The molecular weight excluding hydrogens is 254 g/mol. The van der Waals surface area contributed by atoms with E-state index in [1.807, 2.05) is 6.07 Å².